The van der Waals surface area contributed by atoms with E-state index in [1.165, 1.54) is 30.3 Å². The molecule has 3 aromatic carbocycles. The lowest BCUT2D eigenvalue weighted by molar-refractivity contribution is 0.264. The van der Waals surface area contributed by atoms with E-state index in [0.29, 0.717) is 28.7 Å². The number of nitrogens with zero attached hydrogens (tertiary/aromatic N) is 1. The first-order chi connectivity index (χ1) is 17.7. The second kappa shape index (κ2) is 11.4. The van der Waals surface area contributed by atoms with E-state index in [9.17, 15) is 13.2 Å². The Labute approximate surface area is 220 Å². The number of hydrogen-bond acceptors (Lipinski definition) is 6. The molecule has 0 unspecified atom stereocenters. The first-order valence-corrected chi connectivity index (χ1v) is 13.0. The third kappa shape index (κ3) is 6.61. The highest BCUT2D eigenvalue weighted by molar-refractivity contribution is 7.87. The highest BCUT2D eigenvalue weighted by Crippen LogP contribution is 2.29. The number of ether oxygens (including phenoxy) is 2. The zero-order valence-electron chi connectivity index (χ0n) is 20.1. The number of rotatable bonds is 9. The fourth-order valence-electron chi connectivity index (χ4n) is 3.48. The monoisotopic (exact) mass is 537 g/mol. The molecule has 7 nitrogen and oxygen atoms in total. The number of halogens is 1. The zero-order valence-corrected chi connectivity index (χ0v) is 21.7. The van der Waals surface area contributed by atoms with Gasteiger partial charge in [-0.05, 0) is 72.2 Å². The Morgan fingerprint density at radius 3 is 2.32 bits per heavy atom. The molecule has 9 heteroatoms. The minimum Gasteiger partial charge on any atom is -0.493 e. The summed E-state index contributed by atoms with van der Waals surface area (Å²) in [6.07, 6.45) is 3.30. The van der Waals surface area contributed by atoms with Crippen LogP contribution in [0.2, 0.25) is 5.02 Å². The Morgan fingerprint density at radius 1 is 0.892 bits per heavy atom. The van der Waals surface area contributed by atoms with Crippen molar-refractivity contribution in [3.63, 3.8) is 0 Å². The molecule has 0 saturated heterocycles. The molecular formula is C28H24ClNO6S. The molecule has 1 aromatic heterocycles. The maximum Gasteiger partial charge on any atom is 0.357 e. The average Bonchev–Trinajstić information content (AvgIpc) is 2.89. The molecule has 0 spiro atoms. The van der Waals surface area contributed by atoms with Gasteiger partial charge in [0.05, 0.1) is 12.8 Å². The van der Waals surface area contributed by atoms with E-state index >= 15 is 0 Å². The predicted molar refractivity (Wildman–Crippen MR) is 143 cm³/mol. The molecule has 4 aromatic rings. The van der Waals surface area contributed by atoms with Gasteiger partial charge in [-0.2, -0.15) is 8.42 Å². The van der Waals surface area contributed by atoms with E-state index in [-0.39, 0.29) is 10.6 Å². The second-order valence-corrected chi connectivity index (χ2v) is 10.1. The van der Waals surface area contributed by atoms with Crippen LogP contribution in [0.15, 0.2) is 94.6 Å². The van der Waals surface area contributed by atoms with E-state index in [4.69, 9.17) is 25.4 Å². The second-order valence-electron chi connectivity index (χ2n) is 8.09. The average molecular weight is 538 g/mol. The molecule has 190 valence electrons. The molecule has 4 rings (SSSR count). The van der Waals surface area contributed by atoms with E-state index in [1.807, 2.05) is 36.4 Å². The van der Waals surface area contributed by atoms with Gasteiger partial charge >= 0.3 is 10.1 Å². The zero-order chi connectivity index (χ0) is 26.4. The summed E-state index contributed by atoms with van der Waals surface area (Å²) in [7, 11) is -2.74. The van der Waals surface area contributed by atoms with Gasteiger partial charge in [0.25, 0.3) is 5.56 Å². The van der Waals surface area contributed by atoms with Gasteiger partial charge in [-0.15, -0.1) is 4.73 Å². The summed E-state index contributed by atoms with van der Waals surface area (Å²) in [4.78, 5) is 12.5. The van der Waals surface area contributed by atoms with Crippen LogP contribution in [0.5, 0.6) is 11.5 Å². The molecule has 0 radical (unpaired) electrons. The molecule has 0 bridgehead atoms. The van der Waals surface area contributed by atoms with Crippen molar-refractivity contribution in [1.82, 2.24) is 4.73 Å². The van der Waals surface area contributed by atoms with Crippen molar-refractivity contribution < 1.29 is 22.2 Å². The first kappa shape index (κ1) is 26.1. The normalized spacial score (nSPS) is 11.4. The molecule has 0 aliphatic heterocycles. The summed E-state index contributed by atoms with van der Waals surface area (Å²) in [6, 6.07) is 23.6. The minimum absolute atomic E-state index is 0.130. The van der Waals surface area contributed by atoms with Gasteiger partial charge in [-0.1, -0.05) is 54.1 Å². The number of benzene rings is 3. The molecule has 0 amide bonds. The largest absolute Gasteiger partial charge is 0.493 e. The lowest BCUT2D eigenvalue weighted by Gasteiger charge is -2.13. The third-order valence-electron chi connectivity index (χ3n) is 5.31. The van der Waals surface area contributed by atoms with Crippen LogP contribution < -0.4 is 19.3 Å². The van der Waals surface area contributed by atoms with Crippen LogP contribution in [0.4, 0.5) is 0 Å². The number of aryl methyl sites for hydroxylation is 1. The van der Waals surface area contributed by atoms with Gasteiger partial charge in [0.15, 0.2) is 11.5 Å². The van der Waals surface area contributed by atoms with Gasteiger partial charge in [0.2, 0.25) is 0 Å². The fraction of sp³-hybridized carbons (Fsp3) is 0.107. The highest BCUT2D eigenvalue weighted by atomic mass is 35.5. The highest BCUT2D eigenvalue weighted by Gasteiger charge is 2.19. The lowest BCUT2D eigenvalue weighted by Crippen LogP contribution is -2.32. The lowest BCUT2D eigenvalue weighted by atomic mass is 10.1. The Hall–Kier alpha value is -4.01. The summed E-state index contributed by atoms with van der Waals surface area (Å²) in [5.74, 6) is 1.11. The van der Waals surface area contributed by atoms with Crippen LogP contribution in [-0.4, -0.2) is 20.3 Å². The summed E-state index contributed by atoms with van der Waals surface area (Å²) in [6.45, 7) is 2.13. The van der Waals surface area contributed by atoms with Crippen LogP contribution in [0, 0.1) is 6.92 Å². The Balaban J connectivity index is 1.59. The SMILES string of the molecule is COc1cc(/C=C/c2cc(C)cc(=O)n2OS(=O)(=O)c2ccc(Cl)cc2)ccc1OCc1ccccc1. The van der Waals surface area contributed by atoms with E-state index in [1.54, 1.807) is 44.4 Å². The first-order valence-electron chi connectivity index (χ1n) is 11.2. The number of aromatic nitrogens is 1. The molecule has 0 aliphatic rings. The van der Waals surface area contributed by atoms with E-state index < -0.39 is 15.7 Å². The topological polar surface area (TPSA) is 83.8 Å². The van der Waals surface area contributed by atoms with Crippen molar-refractivity contribution in [2.24, 2.45) is 0 Å². The van der Waals surface area contributed by atoms with E-state index in [0.717, 1.165) is 15.9 Å². The van der Waals surface area contributed by atoms with Crippen LogP contribution in [-0.2, 0) is 16.7 Å². The smallest absolute Gasteiger partial charge is 0.357 e. The number of hydrogen-bond donors (Lipinski definition) is 0. The van der Waals surface area contributed by atoms with Gasteiger partial charge in [-0.3, -0.25) is 9.08 Å². The van der Waals surface area contributed by atoms with Crippen molar-refractivity contribution in [3.8, 4) is 11.5 Å². The van der Waals surface area contributed by atoms with Crippen molar-refractivity contribution in [2.45, 2.75) is 18.4 Å². The maximum absolute atomic E-state index is 12.8. The van der Waals surface area contributed by atoms with Crippen molar-refractivity contribution >= 4 is 33.9 Å². The van der Waals surface area contributed by atoms with Crippen molar-refractivity contribution in [1.29, 1.82) is 0 Å². The molecule has 0 N–H and O–H groups in total. The molecule has 0 aliphatic carbocycles. The molecule has 0 saturated carbocycles. The Kier molecular flexibility index (Phi) is 8.01. The third-order valence-corrected chi connectivity index (χ3v) is 6.75. The van der Waals surface area contributed by atoms with Crippen LogP contribution in [0.1, 0.15) is 22.4 Å². The van der Waals surface area contributed by atoms with Gasteiger partial charge < -0.3 is 9.47 Å². The fourth-order valence-corrected chi connectivity index (χ4v) is 4.51. The predicted octanol–water partition coefficient (Wildman–Crippen LogP) is 5.39. The van der Waals surface area contributed by atoms with Crippen molar-refractivity contribution in [2.75, 3.05) is 7.11 Å². The maximum atomic E-state index is 12.8. The van der Waals surface area contributed by atoms with Gasteiger partial charge in [-0.25, -0.2) is 0 Å². The number of methoxy groups -OCH3 is 1. The Morgan fingerprint density at radius 2 is 1.62 bits per heavy atom. The van der Waals surface area contributed by atoms with Crippen LogP contribution >= 0.6 is 11.6 Å². The molecular weight excluding hydrogens is 514 g/mol. The number of pyridine rings is 1. The summed E-state index contributed by atoms with van der Waals surface area (Å²) >= 11 is 5.85. The Bertz CT molecular complexity index is 1580. The standard InChI is InChI=1S/C28H24ClNO6S/c1-20-16-24(30(28(31)17-20)36-37(32,33)25-13-10-23(29)11-14-25)12-8-21-9-15-26(27(18-21)34-2)35-19-22-6-4-3-5-7-22/h3-18H,19H2,1-2H3/b12-8+. The molecule has 1 heterocycles. The molecule has 37 heavy (non-hydrogen) atoms. The van der Waals surface area contributed by atoms with Crippen molar-refractivity contribution in [3.05, 3.63) is 123 Å². The summed E-state index contributed by atoms with van der Waals surface area (Å²) in [5.41, 5.74) is 2.03. The molecule has 0 fully saturated rings. The quantitative estimate of drug-likeness (QED) is 0.285. The van der Waals surface area contributed by atoms with E-state index in [2.05, 4.69) is 0 Å². The molecule has 0 atom stereocenters. The van der Waals surface area contributed by atoms with Crippen LogP contribution in [0.25, 0.3) is 12.2 Å². The summed E-state index contributed by atoms with van der Waals surface area (Å²) < 4.78 is 42.9. The minimum atomic E-state index is -4.28. The van der Waals surface area contributed by atoms with Gasteiger partial charge in [0.1, 0.15) is 11.5 Å². The summed E-state index contributed by atoms with van der Waals surface area (Å²) in [5, 5.41) is 0.377. The van der Waals surface area contributed by atoms with Gasteiger partial charge in [0, 0.05) is 11.1 Å². The van der Waals surface area contributed by atoms with Crippen LogP contribution in [0.3, 0.4) is 0 Å².